The largest absolute Gasteiger partial charge is 0.384 e. The number of nitrogens with one attached hydrogen (secondary N) is 1. The van der Waals surface area contributed by atoms with Crippen LogP contribution >= 0.6 is 34.5 Å². The molecule has 0 aliphatic heterocycles. The molecule has 0 aliphatic rings. The van der Waals surface area contributed by atoms with E-state index < -0.39 is 5.60 Å². The van der Waals surface area contributed by atoms with Gasteiger partial charge in [0.1, 0.15) is 5.60 Å². The Labute approximate surface area is 137 Å². The van der Waals surface area contributed by atoms with Crippen molar-refractivity contribution in [3.63, 3.8) is 0 Å². The molecule has 0 saturated heterocycles. The molecule has 1 heterocycles. The zero-order valence-electron chi connectivity index (χ0n) is 11.4. The highest BCUT2D eigenvalue weighted by atomic mass is 35.5. The van der Waals surface area contributed by atoms with Gasteiger partial charge in [-0.25, -0.2) is 0 Å². The van der Waals surface area contributed by atoms with Crippen LogP contribution in [0.2, 0.25) is 10.0 Å². The third-order valence-corrected chi connectivity index (χ3v) is 4.54. The van der Waals surface area contributed by atoms with Crippen molar-refractivity contribution in [1.82, 2.24) is 5.32 Å². The van der Waals surface area contributed by atoms with Crippen molar-refractivity contribution in [1.29, 1.82) is 0 Å². The van der Waals surface area contributed by atoms with Gasteiger partial charge in [-0.1, -0.05) is 29.3 Å². The molecule has 2 rings (SSSR count). The SMILES string of the molecule is CC(O)(CNC(=O)Cc1ccc(Cl)c(Cl)c1)c1ccsc1. The average Bonchev–Trinajstić information content (AvgIpc) is 2.96. The summed E-state index contributed by atoms with van der Waals surface area (Å²) in [4.78, 5) is 11.9. The third kappa shape index (κ3) is 4.45. The lowest BCUT2D eigenvalue weighted by atomic mass is 9.99. The Bertz CT molecular complexity index is 627. The highest BCUT2D eigenvalue weighted by molar-refractivity contribution is 7.08. The summed E-state index contributed by atoms with van der Waals surface area (Å²) in [6.45, 7) is 1.83. The molecule has 0 fully saturated rings. The van der Waals surface area contributed by atoms with Gasteiger partial charge in [-0.05, 0) is 47.0 Å². The Hall–Kier alpha value is -1.07. The van der Waals surface area contributed by atoms with Crippen LogP contribution in [0.5, 0.6) is 0 Å². The van der Waals surface area contributed by atoms with Gasteiger partial charge >= 0.3 is 0 Å². The predicted octanol–water partition coefficient (Wildman–Crippen LogP) is 3.62. The number of amides is 1. The van der Waals surface area contributed by atoms with Crippen LogP contribution in [0.4, 0.5) is 0 Å². The van der Waals surface area contributed by atoms with Crippen LogP contribution in [0.15, 0.2) is 35.0 Å². The van der Waals surface area contributed by atoms with Crippen molar-refractivity contribution in [2.45, 2.75) is 18.9 Å². The van der Waals surface area contributed by atoms with E-state index in [0.717, 1.165) is 11.1 Å². The van der Waals surface area contributed by atoms with Gasteiger partial charge in [0, 0.05) is 0 Å². The molecule has 0 radical (unpaired) electrons. The summed E-state index contributed by atoms with van der Waals surface area (Å²) in [6, 6.07) is 6.93. The van der Waals surface area contributed by atoms with Crippen LogP contribution in [-0.4, -0.2) is 17.6 Å². The first kappa shape index (κ1) is 16.3. The molecule has 0 aliphatic carbocycles. The van der Waals surface area contributed by atoms with Crippen molar-refractivity contribution in [2.75, 3.05) is 6.54 Å². The maximum Gasteiger partial charge on any atom is 0.224 e. The van der Waals surface area contributed by atoms with Crippen LogP contribution in [0.3, 0.4) is 0 Å². The molecule has 1 aromatic carbocycles. The Morgan fingerprint density at radius 2 is 2.10 bits per heavy atom. The number of hydrogen-bond donors (Lipinski definition) is 2. The molecular weight excluding hydrogens is 329 g/mol. The molecule has 1 amide bonds. The molecule has 6 heteroatoms. The second kappa shape index (κ2) is 6.79. The molecule has 1 aromatic heterocycles. The number of thiophene rings is 1. The van der Waals surface area contributed by atoms with Gasteiger partial charge < -0.3 is 10.4 Å². The van der Waals surface area contributed by atoms with Crippen LogP contribution < -0.4 is 5.32 Å². The summed E-state index contributed by atoms with van der Waals surface area (Å²) in [5.74, 6) is -0.177. The number of halogens is 2. The fourth-order valence-corrected chi connectivity index (χ4v) is 2.94. The zero-order valence-corrected chi connectivity index (χ0v) is 13.7. The number of carbonyl (C=O) groups excluding carboxylic acids is 1. The number of carbonyl (C=O) groups is 1. The van der Waals surface area contributed by atoms with E-state index in [1.807, 2.05) is 16.8 Å². The second-order valence-electron chi connectivity index (χ2n) is 4.99. The minimum Gasteiger partial charge on any atom is -0.384 e. The topological polar surface area (TPSA) is 49.3 Å². The molecule has 1 unspecified atom stereocenters. The fraction of sp³-hybridized carbons (Fsp3) is 0.267. The summed E-state index contributed by atoms with van der Waals surface area (Å²) in [6.07, 6.45) is 0.191. The lowest BCUT2D eigenvalue weighted by molar-refractivity contribution is -0.121. The van der Waals surface area contributed by atoms with Gasteiger partial charge in [0.15, 0.2) is 0 Å². The number of benzene rings is 1. The minimum atomic E-state index is -1.08. The minimum absolute atomic E-state index is 0.157. The van der Waals surface area contributed by atoms with Gasteiger partial charge in [-0.15, -0.1) is 0 Å². The van der Waals surface area contributed by atoms with Crippen molar-refractivity contribution in [2.24, 2.45) is 0 Å². The fourth-order valence-electron chi connectivity index (χ4n) is 1.84. The number of hydrogen-bond acceptors (Lipinski definition) is 3. The predicted molar refractivity (Wildman–Crippen MR) is 87.1 cm³/mol. The summed E-state index contributed by atoms with van der Waals surface area (Å²) in [5, 5.41) is 17.7. The summed E-state index contributed by atoms with van der Waals surface area (Å²) in [5.41, 5.74) is 0.493. The summed E-state index contributed by atoms with van der Waals surface area (Å²) < 4.78 is 0. The lowest BCUT2D eigenvalue weighted by Crippen LogP contribution is -2.39. The molecule has 2 N–H and O–H groups in total. The Balaban J connectivity index is 1.91. The van der Waals surface area contributed by atoms with E-state index in [0.29, 0.717) is 10.0 Å². The van der Waals surface area contributed by atoms with Crippen LogP contribution in [-0.2, 0) is 16.8 Å². The van der Waals surface area contributed by atoms with Crippen LogP contribution in [0.1, 0.15) is 18.1 Å². The first-order valence-electron chi connectivity index (χ1n) is 6.34. The molecule has 0 bridgehead atoms. The summed E-state index contributed by atoms with van der Waals surface area (Å²) >= 11 is 13.2. The average molecular weight is 344 g/mol. The first-order valence-corrected chi connectivity index (χ1v) is 8.04. The van der Waals surface area contributed by atoms with Crippen molar-refractivity contribution >= 4 is 40.4 Å². The lowest BCUT2D eigenvalue weighted by Gasteiger charge is -2.22. The van der Waals surface area contributed by atoms with Crippen molar-refractivity contribution in [3.8, 4) is 0 Å². The quantitative estimate of drug-likeness (QED) is 0.870. The van der Waals surface area contributed by atoms with E-state index in [2.05, 4.69) is 5.32 Å². The van der Waals surface area contributed by atoms with Gasteiger partial charge in [0.25, 0.3) is 0 Å². The van der Waals surface area contributed by atoms with Gasteiger partial charge in [0.05, 0.1) is 23.0 Å². The van der Waals surface area contributed by atoms with Crippen molar-refractivity contribution < 1.29 is 9.90 Å². The standard InChI is InChI=1S/C15H15Cl2NO2S/c1-15(20,11-4-5-21-8-11)9-18-14(19)7-10-2-3-12(16)13(17)6-10/h2-6,8,20H,7,9H2,1H3,(H,18,19). The molecular formula is C15H15Cl2NO2S. The molecule has 2 aromatic rings. The number of aliphatic hydroxyl groups is 1. The second-order valence-corrected chi connectivity index (χ2v) is 6.58. The van der Waals surface area contributed by atoms with E-state index in [-0.39, 0.29) is 18.9 Å². The normalized spacial score (nSPS) is 13.7. The van der Waals surface area contributed by atoms with E-state index in [9.17, 15) is 9.90 Å². The smallest absolute Gasteiger partial charge is 0.224 e. The molecule has 1 atom stereocenters. The van der Waals surface area contributed by atoms with Crippen LogP contribution in [0.25, 0.3) is 0 Å². The Morgan fingerprint density at radius 3 is 2.71 bits per heavy atom. The van der Waals surface area contributed by atoms with Crippen LogP contribution in [0, 0.1) is 0 Å². The molecule has 3 nitrogen and oxygen atoms in total. The monoisotopic (exact) mass is 343 g/mol. The van der Waals surface area contributed by atoms with Crippen molar-refractivity contribution in [3.05, 3.63) is 56.2 Å². The first-order chi connectivity index (χ1) is 9.88. The maximum absolute atomic E-state index is 11.9. The van der Waals surface area contributed by atoms with Gasteiger partial charge in [-0.3, -0.25) is 4.79 Å². The van der Waals surface area contributed by atoms with E-state index in [1.165, 1.54) is 11.3 Å². The van der Waals surface area contributed by atoms with E-state index in [1.54, 1.807) is 25.1 Å². The maximum atomic E-state index is 11.9. The van der Waals surface area contributed by atoms with Gasteiger partial charge in [0.2, 0.25) is 5.91 Å². The van der Waals surface area contributed by atoms with E-state index in [4.69, 9.17) is 23.2 Å². The molecule has 112 valence electrons. The third-order valence-electron chi connectivity index (χ3n) is 3.12. The highest BCUT2D eigenvalue weighted by Gasteiger charge is 2.24. The summed E-state index contributed by atoms with van der Waals surface area (Å²) in [7, 11) is 0. The van der Waals surface area contributed by atoms with Gasteiger partial charge in [-0.2, -0.15) is 11.3 Å². The molecule has 21 heavy (non-hydrogen) atoms. The van der Waals surface area contributed by atoms with E-state index >= 15 is 0 Å². The number of rotatable bonds is 5. The Kier molecular flexibility index (Phi) is 5.27. The Morgan fingerprint density at radius 1 is 1.33 bits per heavy atom. The zero-order chi connectivity index (χ0) is 15.5. The highest BCUT2D eigenvalue weighted by Crippen LogP contribution is 2.23. The molecule has 0 spiro atoms. The molecule has 0 saturated carbocycles.